The maximum Gasteiger partial charge on any atom is 0.0639 e. The molecule has 1 aliphatic carbocycles. The molecule has 1 unspecified atom stereocenters. The van der Waals surface area contributed by atoms with E-state index in [0.29, 0.717) is 0 Å². The Bertz CT molecular complexity index is 393. The Morgan fingerprint density at radius 3 is 2.86 bits per heavy atom. The molecule has 2 N–H and O–H groups in total. The molecular formula is C13H15N. The van der Waals surface area contributed by atoms with Crippen LogP contribution < -0.4 is 5.73 Å². The normalized spacial score (nSPS) is 15.6. The summed E-state index contributed by atoms with van der Waals surface area (Å²) in [6.45, 7) is 1.90. The van der Waals surface area contributed by atoms with Gasteiger partial charge in [-0.1, -0.05) is 17.9 Å². The molecule has 0 aliphatic heterocycles. The summed E-state index contributed by atoms with van der Waals surface area (Å²) < 4.78 is 0. The van der Waals surface area contributed by atoms with Gasteiger partial charge in [0, 0.05) is 5.56 Å². The molecule has 0 bridgehead atoms. The van der Waals surface area contributed by atoms with Crippen molar-refractivity contribution in [3.05, 3.63) is 34.9 Å². The van der Waals surface area contributed by atoms with Crippen molar-refractivity contribution in [1.29, 1.82) is 0 Å². The molecule has 0 amide bonds. The molecule has 1 nitrogen and oxygen atoms in total. The summed E-state index contributed by atoms with van der Waals surface area (Å²) in [5.74, 6) is 6.08. The molecule has 1 aromatic carbocycles. The molecule has 1 aliphatic rings. The van der Waals surface area contributed by atoms with Crippen LogP contribution in [-0.2, 0) is 12.8 Å². The number of hydrogen-bond acceptors (Lipinski definition) is 1. The highest BCUT2D eigenvalue weighted by Crippen LogP contribution is 2.22. The first-order chi connectivity index (χ1) is 6.75. The van der Waals surface area contributed by atoms with E-state index in [1.807, 2.05) is 6.92 Å². The number of nitrogens with two attached hydrogens (primary N) is 1. The highest BCUT2D eigenvalue weighted by molar-refractivity contribution is 5.43. The molecule has 0 heterocycles. The molecule has 2 rings (SSSR count). The maximum atomic E-state index is 5.58. The van der Waals surface area contributed by atoms with Crippen LogP contribution in [0.25, 0.3) is 0 Å². The Morgan fingerprint density at radius 2 is 2.07 bits per heavy atom. The number of fused-ring (bicyclic) bond motifs is 1. The molecule has 0 saturated carbocycles. The van der Waals surface area contributed by atoms with Crippen LogP contribution in [0.3, 0.4) is 0 Å². The van der Waals surface area contributed by atoms with E-state index in [2.05, 4.69) is 30.0 Å². The smallest absolute Gasteiger partial charge is 0.0639 e. The molecule has 1 atom stereocenters. The van der Waals surface area contributed by atoms with Crippen LogP contribution >= 0.6 is 0 Å². The van der Waals surface area contributed by atoms with Gasteiger partial charge in [-0.2, -0.15) is 0 Å². The Balaban J connectivity index is 2.26. The number of aryl methyl sites for hydroxylation is 2. The average Bonchev–Trinajstić information content (AvgIpc) is 2.61. The van der Waals surface area contributed by atoms with E-state index in [9.17, 15) is 0 Å². The zero-order valence-corrected chi connectivity index (χ0v) is 8.51. The lowest BCUT2D eigenvalue weighted by atomic mass is 10.1. The fourth-order valence-corrected chi connectivity index (χ4v) is 1.85. The van der Waals surface area contributed by atoms with Gasteiger partial charge >= 0.3 is 0 Å². The van der Waals surface area contributed by atoms with Crippen molar-refractivity contribution >= 4 is 0 Å². The fourth-order valence-electron chi connectivity index (χ4n) is 1.85. The maximum absolute atomic E-state index is 5.58. The minimum Gasteiger partial charge on any atom is -0.318 e. The summed E-state index contributed by atoms with van der Waals surface area (Å²) >= 11 is 0. The molecule has 0 spiro atoms. The van der Waals surface area contributed by atoms with Crippen molar-refractivity contribution in [2.75, 3.05) is 0 Å². The SMILES string of the molecule is CC(N)C#Cc1ccc2c(c1)CCC2. The molecule has 14 heavy (non-hydrogen) atoms. The summed E-state index contributed by atoms with van der Waals surface area (Å²) in [5, 5.41) is 0. The quantitative estimate of drug-likeness (QED) is 0.613. The van der Waals surface area contributed by atoms with Crippen LogP contribution in [0.5, 0.6) is 0 Å². The van der Waals surface area contributed by atoms with Gasteiger partial charge in [-0.15, -0.1) is 0 Å². The van der Waals surface area contributed by atoms with E-state index >= 15 is 0 Å². The minimum atomic E-state index is -0.0387. The summed E-state index contributed by atoms with van der Waals surface area (Å²) in [6, 6.07) is 6.47. The first kappa shape index (κ1) is 9.30. The minimum absolute atomic E-state index is 0.0387. The molecule has 72 valence electrons. The second-order valence-corrected chi connectivity index (χ2v) is 3.90. The predicted molar refractivity (Wildman–Crippen MR) is 59.0 cm³/mol. The molecule has 0 fully saturated rings. The van der Waals surface area contributed by atoms with Gasteiger partial charge in [-0.05, 0) is 49.4 Å². The number of benzene rings is 1. The second kappa shape index (κ2) is 3.86. The summed E-state index contributed by atoms with van der Waals surface area (Å²) in [6.07, 6.45) is 3.73. The standard InChI is InChI=1S/C13H15N/c1-10(14)5-6-11-7-8-12-3-2-4-13(12)9-11/h7-10H,2-4,14H2,1H3. The van der Waals surface area contributed by atoms with E-state index in [1.165, 1.54) is 30.4 Å². The fraction of sp³-hybridized carbons (Fsp3) is 0.385. The molecule has 1 heteroatoms. The van der Waals surface area contributed by atoms with Crippen molar-refractivity contribution in [1.82, 2.24) is 0 Å². The van der Waals surface area contributed by atoms with Gasteiger partial charge in [-0.25, -0.2) is 0 Å². The van der Waals surface area contributed by atoms with Crippen molar-refractivity contribution in [2.24, 2.45) is 5.73 Å². The average molecular weight is 185 g/mol. The molecule has 0 radical (unpaired) electrons. The van der Waals surface area contributed by atoms with Gasteiger partial charge < -0.3 is 5.73 Å². The van der Waals surface area contributed by atoms with Crippen LogP contribution in [0.2, 0.25) is 0 Å². The zero-order valence-electron chi connectivity index (χ0n) is 8.51. The third-order valence-electron chi connectivity index (χ3n) is 2.54. The van der Waals surface area contributed by atoms with E-state index in [4.69, 9.17) is 5.73 Å². The Morgan fingerprint density at radius 1 is 1.29 bits per heavy atom. The van der Waals surface area contributed by atoms with Gasteiger partial charge in [0.25, 0.3) is 0 Å². The van der Waals surface area contributed by atoms with Gasteiger partial charge in [-0.3, -0.25) is 0 Å². The second-order valence-electron chi connectivity index (χ2n) is 3.90. The largest absolute Gasteiger partial charge is 0.318 e. The van der Waals surface area contributed by atoms with Gasteiger partial charge in [0.1, 0.15) is 0 Å². The molecule has 1 aromatic rings. The lowest BCUT2D eigenvalue weighted by molar-refractivity contribution is 0.911. The summed E-state index contributed by atoms with van der Waals surface area (Å²) in [7, 11) is 0. The summed E-state index contributed by atoms with van der Waals surface area (Å²) in [4.78, 5) is 0. The Kier molecular flexibility index (Phi) is 2.56. The van der Waals surface area contributed by atoms with Gasteiger partial charge in [0.2, 0.25) is 0 Å². The first-order valence-electron chi connectivity index (χ1n) is 5.14. The van der Waals surface area contributed by atoms with Gasteiger partial charge in [0.05, 0.1) is 6.04 Å². The molecule has 0 saturated heterocycles. The highest BCUT2D eigenvalue weighted by atomic mass is 14.6. The predicted octanol–water partition coefficient (Wildman–Crippen LogP) is 1.87. The first-order valence-corrected chi connectivity index (χ1v) is 5.14. The van der Waals surface area contributed by atoms with Crippen molar-refractivity contribution in [2.45, 2.75) is 32.2 Å². The van der Waals surface area contributed by atoms with Crippen LogP contribution in [-0.4, -0.2) is 6.04 Å². The number of rotatable bonds is 0. The number of hydrogen-bond donors (Lipinski definition) is 1. The Hall–Kier alpha value is -1.26. The molecular weight excluding hydrogens is 170 g/mol. The van der Waals surface area contributed by atoms with Crippen molar-refractivity contribution < 1.29 is 0 Å². The lowest BCUT2D eigenvalue weighted by Crippen LogP contribution is -2.10. The van der Waals surface area contributed by atoms with Crippen LogP contribution in [0.15, 0.2) is 18.2 Å². The van der Waals surface area contributed by atoms with E-state index in [0.717, 1.165) is 5.56 Å². The van der Waals surface area contributed by atoms with E-state index in [1.54, 1.807) is 0 Å². The topological polar surface area (TPSA) is 26.0 Å². The monoisotopic (exact) mass is 185 g/mol. The van der Waals surface area contributed by atoms with Crippen LogP contribution in [0.1, 0.15) is 30.0 Å². The summed E-state index contributed by atoms with van der Waals surface area (Å²) in [5.41, 5.74) is 9.65. The van der Waals surface area contributed by atoms with E-state index in [-0.39, 0.29) is 6.04 Å². The molecule has 0 aromatic heterocycles. The lowest BCUT2D eigenvalue weighted by Gasteiger charge is -1.98. The highest BCUT2D eigenvalue weighted by Gasteiger charge is 2.09. The van der Waals surface area contributed by atoms with Crippen molar-refractivity contribution in [3.8, 4) is 11.8 Å². The van der Waals surface area contributed by atoms with Crippen molar-refractivity contribution in [3.63, 3.8) is 0 Å². The third kappa shape index (κ3) is 1.97. The third-order valence-corrected chi connectivity index (χ3v) is 2.54. The van der Waals surface area contributed by atoms with E-state index < -0.39 is 0 Å². The zero-order chi connectivity index (χ0) is 9.97. The van der Waals surface area contributed by atoms with Crippen LogP contribution in [0, 0.1) is 11.8 Å². The Labute approximate surface area is 85.3 Å². The van der Waals surface area contributed by atoms with Crippen LogP contribution in [0.4, 0.5) is 0 Å². The van der Waals surface area contributed by atoms with Gasteiger partial charge in [0.15, 0.2) is 0 Å².